The summed E-state index contributed by atoms with van der Waals surface area (Å²) in [6.45, 7) is 4.45. The number of carbonyl (C=O) groups excluding carboxylic acids is 1. The highest BCUT2D eigenvalue weighted by atomic mass is 16.5. The van der Waals surface area contributed by atoms with Crippen molar-refractivity contribution in [3.63, 3.8) is 0 Å². The molecule has 0 saturated carbocycles. The molecule has 1 aliphatic carbocycles. The van der Waals surface area contributed by atoms with Gasteiger partial charge in [-0.3, -0.25) is 4.79 Å². The van der Waals surface area contributed by atoms with Gasteiger partial charge in [-0.15, -0.1) is 0 Å². The minimum atomic E-state index is 0.100. The van der Waals surface area contributed by atoms with Crippen LogP contribution in [0.5, 0.6) is 5.75 Å². The number of hydrogen-bond acceptors (Lipinski definition) is 3. The van der Waals surface area contributed by atoms with Crippen LogP contribution in [0.15, 0.2) is 42.5 Å². The molecule has 1 spiro atoms. The Morgan fingerprint density at radius 3 is 2.76 bits per heavy atom. The predicted octanol–water partition coefficient (Wildman–Crippen LogP) is 3.88. The van der Waals surface area contributed by atoms with Crippen molar-refractivity contribution < 1.29 is 9.53 Å². The van der Waals surface area contributed by atoms with Gasteiger partial charge in [0.05, 0.1) is 5.69 Å². The average Bonchev–Trinajstić information content (AvgIpc) is 3.12. The van der Waals surface area contributed by atoms with Crippen molar-refractivity contribution in [2.45, 2.75) is 43.4 Å². The standard InChI is InChI=1S/C25H28N2O2/c28-23-17-29-22-7-3-5-20-19(9-13-27(23)24(20)22)16-26-14-11-25(12-15-26)10-8-18-4-1-2-6-21(18)25/h1-7,19H,8-17H2. The van der Waals surface area contributed by atoms with E-state index in [-0.39, 0.29) is 12.5 Å². The van der Waals surface area contributed by atoms with E-state index >= 15 is 0 Å². The van der Waals surface area contributed by atoms with E-state index in [1.807, 2.05) is 11.0 Å². The van der Waals surface area contributed by atoms with E-state index in [0.29, 0.717) is 11.3 Å². The molecule has 150 valence electrons. The highest BCUT2D eigenvalue weighted by molar-refractivity contribution is 5.99. The third kappa shape index (κ3) is 2.72. The summed E-state index contributed by atoms with van der Waals surface area (Å²) in [6, 6.07) is 15.4. The zero-order valence-electron chi connectivity index (χ0n) is 16.9. The molecule has 1 fully saturated rings. The molecule has 3 aliphatic heterocycles. The van der Waals surface area contributed by atoms with Crippen molar-refractivity contribution in [2.24, 2.45) is 0 Å². The number of rotatable bonds is 2. The van der Waals surface area contributed by atoms with Crippen LogP contribution < -0.4 is 9.64 Å². The first kappa shape index (κ1) is 17.5. The van der Waals surface area contributed by atoms with Gasteiger partial charge in [0.15, 0.2) is 6.61 Å². The van der Waals surface area contributed by atoms with E-state index in [9.17, 15) is 4.79 Å². The first-order valence-corrected chi connectivity index (χ1v) is 11.1. The number of hydrogen-bond donors (Lipinski definition) is 0. The number of benzene rings is 2. The molecule has 3 heterocycles. The van der Waals surface area contributed by atoms with Crippen LogP contribution in [0, 0.1) is 0 Å². The van der Waals surface area contributed by atoms with Crippen molar-refractivity contribution in [3.05, 3.63) is 59.2 Å². The number of nitrogens with zero attached hydrogens (tertiary/aromatic N) is 2. The smallest absolute Gasteiger partial charge is 0.265 e. The summed E-state index contributed by atoms with van der Waals surface area (Å²) < 4.78 is 5.71. The maximum absolute atomic E-state index is 12.3. The Bertz CT molecular complexity index is 961. The van der Waals surface area contributed by atoms with Crippen LogP contribution >= 0.6 is 0 Å². The summed E-state index contributed by atoms with van der Waals surface area (Å²) in [5.74, 6) is 1.47. The number of fused-ring (bicyclic) bond motifs is 2. The maximum atomic E-state index is 12.3. The van der Waals surface area contributed by atoms with E-state index < -0.39 is 0 Å². The maximum Gasteiger partial charge on any atom is 0.265 e. The lowest BCUT2D eigenvalue weighted by atomic mass is 9.73. The number of piperidine rings is 1. The molecule has 0 radical (unpaired) electrons. The number of carbonyl (C=O) groups is 1. The highest BCUT2D eigenvalue weighted by Gasteiger charge is 2.42. The van der Waals surface area contributed by atoms with Crippen LogP contribution in [0.2, 0.25) is 0 Å². The molecular weight excluding hydrogens is 360 g/mol. The molecule has 0 aromatic heterocycles. The molecule has 2 aromatic carbocycles. The number of ether oxygens (including phenoxy) is 1. The molecule has 1 unspecified atom stereocenters. The molecule has 0 bridgehead atoms. The molecule has 1 atom stereocenters. The molecule has 29 heavy (non-hydrogen) atoms. The van der Waals surface area contributed by atoms with Gasteiger partial charge in [0.1, 0.15) is 5.75 Å². The van der Waals surface area contributed by atoms with Crippen LogP contribution in [0.3, 0.4) is 0 Å². The Balaban J connectivity index is 1.19. The van der Waals surface area contributed by atoms with Crippen molar-refractivity contribution in [1.82, 2.24) is 4.90 Å². The molecular formula is C25H28N2O2. The SMILES string of the molecule is O=C1COc2cccc3c2N1CCC3CN1CCC2(CCc3ccccc32)CC1. The van der Waals surface area contributed by atoms with Crippen molar-refractivity contribution in [3.8, 4) is 5.75 Å². The predicted molar refractivity (Wildman–Crippen MR) is 114 cm³/mol. The fraction of sp³-hybridized carbons (Fsp3) is 0.480. The highest BCUT2D eigenvalue weighted by Crippen LogP contribution is 2.47. The van der Waals surface area contributed by atoms with Crippen molar-refractivity contribution in [1.29, 1.82) is 0 Å². The zero-order chi connectivity index (χ0) is 19.4. The largest absolute Gasteiger partial charge is 0.482 e. The average molecular weight is 389 g/mol. The minimum absolute atomic E-state index is 0.100. The summed E-state index contributed by atoms with van der Waals surface area (Å²) in [7, 11) is 0. The molecule has 4 heteroatoms. The van der Waals surface area contributed by atoms with Gasteiger partial charge >= 0.3 is 0 Å². The molecule has 1 amide bonds. The number of para-hydroxylation sites is 1. The summed E-state index contributed by atoms with van der Waals surface area (Å²) in [4.78, 5) is 16.9. The Morgan fingerprint density at radius 2 is 1.86 bits per heavy atom. The van der Waals surface area contributed by atoms with E-state index in [1.165, 1.54) is 44.3 Å². The zero-order valence-corrected chi connectivity index (χ0v) is 16.9. The molecule has 0 N–H and O–H groups in total. The van der Waals surface area contributed by atoms with Crippen LogP contribution in [-0.2, 0) is 16.6 Å². The molecule has 6 rings (SSSR count). The monoisotopic (exact) mass is 388 g/mol. The molecule has 2 aromatic rings. The fourth-order valence-corrected chi connectivity index (χ4v) is 6.24. The third-order valence-electron chi connectivity index (χ3n) is 7.85. The van der Waals surface area contributed by atoms with Crippen molar-refractivity contribution >= 4 is 11.6 Å². The molecule has 4 nitrogen and oxygen atoms in total. The molecule has 4 aliphatic rings. The van der Waals surface area contributed by atoms with Gasteiger partial charge in [0.25, 0.3) is 5.91 Å². The topological polar surface area (TPSA) is 32.8 Å². The third-order valence-corrected chi connectivity index (χ3v) is 7.85. The lowest BCUT2D eigenvalue weighted by Crippen LogP contribution is -2.46. The van der Waals surface area contributed by atoms with Gasteiger partial charge in [-0.2, -0.15) is 0 Å². The second-order valence-electron chi connectivity index (χ2n) is 9.25. The second kappa shape index (κ2) is 6.60. The number of amides is 1. The Labute approximate surface area is 172 Å². The van der Waals surface area contributed by atoms with Crippen LogP contribution in [0.1, 0.15) is 48.3 Å². The summed E-state index contributed by atoms with van der Waals surface area (Å²) >= 11 is 0. The van der Waals surface area contributed by atoms with E-state index in [1.54, 1.807) is 11.1 Å². The van der Waals surface area contributed by atoms with Crippen molar-refractivity contribution in [2.75, 3.05) is 37.7 Å². The Morgan fingerprint density at radius 1 is 1.00 bits per heavy atom. The number of anilines is 1. The lowest BCUT2D eigenvalue weighted by Gasteiger charge is -2.43. The minimum Gasteiger partial charge on any atom is -0.482 e. The van der Waals surface area contributed by atoms with E-state index in [2.05, 4.69) is 41.3 Å². The van der Waals surface area contributed by atoms with Gasteiger partial charge in [-0.05, 0) is 73.4 Å². The summed E-state index contributed by atoms with van der Waals surface area (Å²) in [6.07, 6.45) is 6.17. The van der Waals surface area contributed by atoms with Gasteiger partial charge < -0.3 is 14.5 Å². The first-order chi connectivity index (χ1) is 14.2. The van der Waals surface area contributed by atoms with Gasteiger partial charge in [0, 0.05) is 19.0 Å². The van der Waals surface area contributed by atoms with E-state index in [4.69, 9.17) is 4.74 Å². The van der Waals surface area contributed by atoms with Crippen LogP contribution in [-0.4, -0.2) is 43.6 Å². The number of aryl methyl sites for hydroxylation is 1. The summed E-state index contributed by atoms with van der Waals surface area (Å²) in [5, 5.41) is 0. The Hall–Kier alpha value is -2.33. The van der Waals surface area contributed by atoms with Gasteiger partial charge in [-0.25, -0.2) is 0 Å². The van der Waals surface area contributed by atoms with Gasteiger partial charge in [-0.1, -0.05) is 36.4 Å². The van der Waals surface area contributed by atoms with Gasteiger partial charge in [0.2, 0.25) is 0 Å². The van der Waals surface area contributed by atoms with Crippen LogP contribution in [0.25, 0.3) is 0 Å². The molecule has 1 saturated heterocycles. The second-order valence-corrected chi connectivity index (χ2v) is 9.25. The number of likely N-dealkylation sites (tertiary alicyclic amines) is 1. The van der Waals surface area contributed by atoms with Crippen LogP contribution in [0.4, 0.5) is 5.69 Å². The quantitative estimate of drug-likeness (QED) is 0.783. The fourth-order valence-electron chi connectivity index (χ4n) is 6.24. The lowest BCUT2D eigenvalue weighted by molar-refractivity contribution is -0.121. The Kier molecular flexibility index (Phi) is 3.98. The first-order valence-electron chi connectivity index (χ1n) is 11.1. The normalized spacial score (nSPS) is 24.9. The van der Waals surface area contributed by atoms with E-state index in [0.717, 1.165) is 30.9 Å². The summed E-state index contributed by atoms with van der Waals surface area (Å²) in [5.41, 5.74) is 5.96.